The lowest BCUT2D eigenvalue weighted by Crippen LogP contribution is -2.30. The highest BCUT2D eigenvalue weighted by Crippen LogP contribution is 2.29. The van der Waals surface area contributed by atoms with Gasteiger partial charge in [0.25, 0.3) is 5.91 Å². The summed E-state index contributed by atoms with van der Waals surface area (Å²) in [4.78, 5) is 24.7. The van der Waals surface area contributed by atoms with Crippen LogP contribution < -0.4 is 14.4 Å². The van der Waals surface area contributed by atoms with Crippen molar-refractivity contribution in [2.24, 2.45) is 5.92 Å². The van der Waals surface area contributed by atoms with Gasteiger partial charge in [-0.15, -0.1) is 0 Å². The van der Waals surface area contributed by atoms with Gasteiger partial charge in [-0.1, -0.05) is 13.0 Å². The van der Waals surface area contributed by atoms with Gasteiger partial charge in [-0.3, -0.25) is 9.59 Å². The molecule has 2 aromatic rings. The van der Waals surface area contributed by atoms with Crippen molar-refractivity contribution >= 4 is 33.2 Å². The van der Waals surface area contributed by atoms with Crippen LogP contribution in [0.1, 0.15) is 24.2 Å². The summed E-state index contributed by atoms with van der Waals surface area (Å²) in [6, 6.07) is 12.9. The van der Waals surface area contributed by atoms with Crippen LogP contribution in [-0.2, 0) is 14.8 Å². The number of benzene rings is 2. The molecule has 0 radical (unpaired) electrons. The van der Waals surface area contributed by atoms with E-state index in [0.29, 0.717) is 18.0 Å². The van der Waals surface area contributed by atoms with Crippen molar-refractivity contribution < 1.29 is 22.7 Å². The number of hydrogen-bond donors (Lipinski definition) is 1. The van der Waals surface area contributed by atoms with E-state index in [4.69, 9.17) is 4.74 Å². The number of nitrogens with one attached hydrogen (secondary N) is 1. The zero-order valence-corrected chi connectivity index (χ0v) is 15.8. The summed E-state index contributed by atoms with van der Waals surface area (Å²) >= 11 is 0. The van der Waals surface area contributed by atoms with Gasteiger partial charge in [0.15, 0.2) is 0 Å². The predicted molar refractivity (Wildman–Crippen MR) is 102 cm³/mol. The van der Waals surface area contributed by atoms with E-state index in [1.165, 1.54) is 12.1 Å². The summed E-state index contributed by atoms with van der Waals surface area (Å²) in [7, 11) is -3.71. The lowest BCUT2D eigenvalue weighted by Gasteiger charge is -2.16. The van der Waals surface area contributed by atoms with Gasteiger partial charge in [-0.2, -0.15) is 0 Å². The van der Waals surface area contributed by atoms with Crippen molar-refractivity contribution in [3.8, 4) is 5.75 Å². The van der Waals surface area contributed by atoms with Gasteiger partial charge < -0.3 is 10.1 Å². The Morgan fingerprint density at radius 3 is 2.52 bits per heavy atom. The van der Waals surface area contributed by atoms with E-state index < -0.39 is 27.8 Å². The average Bonchev–Trinajstić information content (AvgIpc) is 2.84. The molecule has 1 aliphatic heterocycles. The fourth-order valence-corrected chi connectivity index (χ4v) is 4.68. The molecule has 7 nitrogen and oxygen atoms in total. The number of carbonyl (C=O) groups excluding carboxylic acids is 2. The van der Waals surface area contributed by atoms with Crippen LogP contribution >= 0.6 is 0 Å². The molecule has 1 saturated heterocycles. The van der Waals surface area contributed by atoms with Crippen molar-refractivity contribution in [2.75, 3.05) is 22.0 Å². The number of carbonyl (C=O) groups is 2. The zero-order chi connectivity index (χ0) is 19.6. The summed E-state index contributed by atoms with van der Waals surface area (Å²) < 4.78 is 30.6. The maximum absolute atomic E-state index is 12.5. The van der Waals surface area contributed by atoms with Crippen LogP contribution in [0.15, 0.2) is 48.5 Å². The van der Waals surface area contributed by atoms with Crippen LogP contribution in [0, 0.1) is 5.92 Å². The molecule has 142 valence electrons. The first-order chi connectivity index (χ1) is 12.8. The monoisotopic (exact) mass is 388 g/mol. The molecular weight excluding hydrogens is 368 g/mol. The quantitative estimate of drug-likeness (QED) is 0.850. The minimum absolute atomic E-state index is 0.170. The van der Waals surface area contributed by atoms with E-state index in [9.17, 15) is 18.0 Å². The third-order valence-corrected chi connectivity index (χ3v) is 5.99. The Bertz CT molecular complexity index is 970. The number of anilines is 2. The first kappa shape index (κ1) is 18.9. The summed E-state index contributed by atoms with van der Waals surface area (Å²) in [5, 5.41) is 2.74. The smallest absolute Gasteiger partial charge is 0.255 e. The molecule has 1 atom stereocenters. The van der Waals surface area contributed by atoms with E-state index >= 15 is 0 Å². The van der Waals surface area contributed by atoms with Gasteiger partial charge >= 0.3 is 0 Å². The highest BCUT2D eigenvalue weighted by molar-refractivity contribution is 7.94. The average molecular weight is 388 g/mol. The normalized spacial score (nSPS) is 18.4. The molecule has 2 amide bonds. The number of nitrogens with zero attached hydrogens (tertiary/aromatic N) is 1. The van der Waals surface area contributed by atoms with Crippen LogP contribution in [0.3, 0.4) is 0 Å². The molecule has 1 aliphatic rings. The Labute approximate surface area is 158 Å². The molecule has 0 bridgehead atoms. The van der Waals surface area contributed by atoms with Crippen LogP contribution in [-0.4, -0.2) is 32.6 Å². The number of ether oxygens (including phenoxy) is 1. The van der Waals surface area contributed by atoms with Gasteiger partial charge in [0, 0.05) is 11.3 Å². The van der Waals surface area contributed by atoms with E-state index in [1.54, 1.807) is 43.3 Å². The van der Waals surface area contributed by atoms with Gasteiger partial charge in [-0.05, 0) is 49.4 Å². The molecule has 2 aromatic carbocycles. The van der Waals surface area contributed by atoms with E-state index in [2.05, 4.69) is 5.32 Å². The van der Waals surface area contributed by atoms with Crippen molar-refractivity contribution in [1.29, 1.82) is 0 Å². The summed E-state index contributed by atoms with van der Waals surface area (Å²) in [5.74, 6) is -1.02. The van der Waals surface area contributed by atoms with E-state index in [0.717, 1.165) is 4.31 Å². The molecule has 1 N–H and O–H groups in total. The van der Waals surface area contributed by atoms with Gasteiger partial charge in [0.05, 0.1) is 24.0 Å². The van der Waals surface area contributed by atoms with Crippen molar-refractivity contribution in [1.82, 2.24) is 0 Å². The van der Waals surface area contributed by atoms with Crippen LogP contribution in [0.25, 0.3) is 0 Å². The standard InChI is InChI=1S/C19H20N2O5S/c1-3-26-17-9-7-15(8-10-17)20-18(22)14-5-4-6-16(11-14)21-19(23)13(2)12-27(21,24)25/h4-11,13H,3,12H2,1-2H3,(H,20,22)/t13-/m0/s1. The highest BCUT2D eigenvalue weighted by atomic mass is 32.2. The fraction of sp³-hybridized carbons (Fsp3) is 0.263. The zero-order valence-electron chi connectivity index (χ0n) is 15.0. The van der Waals surface area contributed by atoms with E-state index in [1.807, 2.05) is 6.92 Å². The molecule has 0 aromatic heterocycles. The Balaban J connectivity index is 1.81. The highest BCUT2D eigenvalue weighted by Gasteiger charge is 2.42. The molecule has 0 aliphatic carbocycles. The van der Waals surface area contributed by atoms with Gasteiger partial charge in [0.2, 0.25) is 15.9 Å². The first-order valence-electron chi connectivity index (χ1n) is 8.53. The van der Waals surface area contributed by atoms with Crippen molar-refractivity contribution in [3.05, 3.63) is 54.1 Å². The molecule has 8 heteroatoms. The molecular formula is C19H20N2O5S. The maximum Gasteiger partial charge on any atom is 0.255 e. The minimum atomic E-state index is -3.71. The van der Waals surface area contributed by atoms with Crippen molar-refractivity contribution in [2.45, 2.75) is 13.8 Å². The molecule has 0 saturated carbocycles. The Hall–Kier alpha value is -2.87. The lowest BCUT2D eigenvalue weighted by atomic mass is 10.1. The second kappa shape index (κ2) is 7.40. The van der Waals surface area contributed by atoms with Crippen molar-refractivity contribution in [3.63, 3.8) is 0 Å². The number of amides is 2. The van der Waals surface area contributed by atoms with Crippen LogP contribution in [0.4, 0.5) is 11.4 Å². The Kier molecular flexibility index (Phi) is 5.18. The first-order valence-corrected chi connectivity index (χ1v) is 10.1. The van der Waals surface area contributed by atoms with E-state index in [-0.39, 0.29) is 17.0 Å². The third-order valence-electron chi connectivity index (χ3n) is 4.13. The fourth-order valence-electron chi connectivity index (χ4n) is 2.86. The molecule has 3 rings (SSSR count). The second-order valence-corrected chi connectivity index (χ2v) is 8.11. The Morgan fingerprint density at radius 1 is 1.22 bits per heavy atom. The van der Waals surface area contributed by atoms with Gasteiger partial charge in [-0.25, -0.2) is 12.7 Å². The largest absolute Gasteiger partial charge is 0.494 e. The summed E-state index contributed by atoms with van der Waals surface area (Å²) in [6.45, 7) is 4.01. The molecule has 0 spiro atoms. The molecule has 27 heavy (non-hydrogen) atoms. The van der Waals surface area contributed by atoms with Gasteiger partial charge in [0.1, 0.15) is 5.75 Å². The number of rotatable bonds is 5. The topological polar surface area (TPSA) is 92.8 Å². The minimum Gasteiger partial charge on any atom is -0.494 e. The SMILES string of the molecule is CCOc1ccc(NC(=O)c2cccc(N3C(=O)[C@@H](C)CS3(=O)=O)c2)cc1. The molecule has 1 heterocycles. The third kappa shape index (κ3) is 3.95. The summed E-state index contributed by atoms with van der Waals surface area (Å²) in [5.41, 5.74) is 1.000. The lowest BCUT2D eigenvalue weighted by molar-refractivity contribution is -0.119. The molecule has 0 unspecified atom stereocenters. The predicted octanol–water partition coefficient (Wildman–Crippen LogP) is 2.65. The second-order valence-electron chi connectivity index (χ2n) is 6.24. The molecule has 1 fully saturated rings. The summed E-state index contributed by atoms with van der Waals surface area (Å²) in [6.07, 6.45) is 0. The van der Waals surface area contributed by atoms with Crippen LogP contribution in [0.2, 0.25) is 0 Å². The number of sulfonamides is 1. The maximum atomic E-state index is 12.5. The Morgan fingerprint density at radius 2 is 1.93 bits per heavy atom. The van der Waals surface area contributed by atoms with Crippen LogP contribution in [0.5, 0.6) is 5.75 Å². The number of hydrogen-bond acceptors (Lipinski definition) is 5.